The fourth-order valence-electron chi connectivity index (χ4n) is 2.21. The Kier molecular flexibility index (Phi) is 4.47. The zero-order valence-electron chi connectivity index (χ0n) is 13.3. The third-order valence-electron chi connectivity index (χ3n) is 3.45. The van der Waals surface area contributed by atoms with Crippen molar-refractivity contribution in [2.45, 2.75) is 39.7 Å². The number of carbonyl (C=O) groups excluding carboxylic acids is 1. The van der Waals surface area contributed by atoms with Gasteiger partial charge in [0.05, 0.1) is 10.6 Å². The van der Waals surface area contributed by atoms with E-state index >= 15 is 0 Å². The zero-order valence-corrected chi connectivity index (χ0v) is 14.1. The van der Waals surface area contributed by atoms with E-state index in [2.05, 4.69) is 50.8 Å². The lowest BCUT2D eigenvalue weighted by Gasteiger charge is -2.18. The van der Waals surface area contributed by atoms with Gasteiger partial charge in [-0.05, 0) is 18.1 Å². The number of rotatable bonds is 4. The summed E-state index contributed by atoms with van der Waals surface area (Å²) in [7, 11) is 2.02. The van der Waals surface area contributed by atoms with Crippen molar-refractivity contribution in [1.82, 2.24) is 4.98 Å². The summed E-state index contributed by atoms with van der Waals surface area (Å²) >= 11 is 1.47. The molecule has 0 saturated carbocycles. The lowest BCUT2D eigenvalue weighted by Crippen LogP contribution is -2.18. The largest absolute Gasteiger partial charge is 0.347 e. The van der Waals surface area contributed by atoms with Gasteiger partial charge in [-0.25, -0.2) is 4.98 Å². The Labute approximate surface area is 130 Å². The smallest absolute Gasteiger partial charge is 0.186 e. The molecule has 0 saturated heterocycles. The molecule has 3 nitrogen and oxygen atoms in total. The molecule has 2 aromatic rings. The number of nitrogens with zero attached hydrogens (tertiary/aromatic N) is 2. The number of anilines is 1. The van der Waals surface area contributed by atoms with Gasteiger partial charge in [-0.2, -0.15) is 0 Å². The first-order valence-electron chi connectivity index (χ1n) is 7.05. The summed E-state index contributed by atoms with van der Waals surface area (Å²) < 4.78 is 0. The summed E-state index contributed by atoms with van der Waals surface area (Å²) in [6.45, 7) is 9.16. The molecule has 112 valence electrons. The lowest BCUT2D eigenvalue weighted by atomic mass is 9.91. The Bertz CT molecular complexity index is 640. The van der Waals surface area contributed by atoms with E-state index in [0.29, 0.717) is 0 Å². The van der Waals surface area contributed by atoms with Crippen LogP contribution in [0.1, 0.15) is 47.3 Å². The van der Waals surface area contributed by atoms with Gasteiger partial charge in [0, 0.05) is 19.0 Å². The van der Waals surface area contributed by atoms with Crippen molar-refractivity contribution in [2.24, 2.45) is 0 Å². The van der Waals surface area contributed by atoms with E-state index in [0.717, 1.165) is 28.5 Å². The molecule has 0 aliphatic carbocycles. The second-order valence-corrected chi connectivity index (χ2v) is 7.37. The topological polar surface area (TPSA) is 33.2 Å². The molecule has 0 unspecified atom stereocenters. The van der Waals surface area contributed by atoms with E-state index < -0.39 is 0 Å². The van der Waals surface area contributed by atoms with Crippen molar-refractivity contribution >= 4 is 22.8 Å². The average Bonchev–Trinajstić information content (AvgIpc) is 2.85. The summed E-state index contributed by atoms with van der Waals surface area (Å²) in [4.78, 5) is 18.8. The van der Waals surface area contributed by atoms with Crippen LogP contribution in [0, 0.1) is 6.92 Å². The second kappa shape index (κ2) is 5.98. The number of aromatic nitrogens is 1. The highest BCUT2D eigenvalue weighted by Gasteiger charge is 2.24. The molecule has 0 aliphatic heterocycles. The van der Waals surface area contributed by atoms with Crippen LogP contribution >= 0.6 is 11.3 Å². The van der Waals surface area contributed by atoms with Gasteiger partial charge in [-0.15, -0.1) is 0 Å². The van der Waals surface area contributed by atoms with Gasteiger partial charge >= 0.3 is 0 Å². The van der Waals surface area contributed by atoms with E-state index in [1.54, 1.807) is 0 Å². The van der Waals surface area contributed by atoms with Crippen molar-refractivity contribution in [3.8, 4) is 0 Å². The Morgan fingerprint density at radius 2 is 1.95 bits per heavy atom. The van der Waals surface area contributed by atoms with Crippen LogP contribution in [0.4, 0.5) is 5.13 Å². The Hall–Kier alpha value is -1.68. The van der Waals surface area contributed by atoms with Gasteiger partial charge in [0.1, 0.15) is 0 Å². The maximum atomic E-state index is 11.3. The third kappa shape index (κ3) is 3.50. The lowest BCUT2D eigenvalue weighted by molar-refractivity contribution is 0.112. The Balaban J connectivity index is 2.28. The van der Waals surface area contributed by atoms with E-state index in [9.17, 15) is 4.79 Å². The molecule has 1 aromatic carbocycles. The third-order valence-corrected chi connectivity index (χ3v) is 4.55. The van der Waals surface area contributed by atoms with Crippen LogP contribution in [0.25, 0.3) is 0 Å². The van der Waals surface area contributed by atoms with E-state index in [1.807, 2.05) is 13.1 Å². The monoisotopic (exact) mass is 302 g/mol. The molecule has 0 amide bonds. The van der Waals surface area contributed by atoms with Crippen molar-refractivity contribution < 1.29 is 4.79 Å². The maximum absolute atomic E-state index is 11.3. The standard InChI is InChI=1S/C17H22N2OS/c1-12-8-6-7-9-13(12)10-19(5)16-18-15(17(2,3)4)14(11-20)21-16/h6-9,11H,10H2,1-5H3. The summed E-state index contributed by atoms with van der Waals surface area (Å²) in [5.74, 6) is 0. The van der Waals surface area contributed by atoms with Gasteiger partial charge in [0.2, 0.25) is 0 Å². The zero-order chi connectivity index (χ0) is 15.6. The number of thiazole rings is 1. The quantitative estimate of drug-likeness (QED) is 0.794. The minimum Gasteiger partial charge on any atom is -0.347 e. The first-order chi connectivity index (χ1) is 9.82. The van der Waals surface area contributed by atoms with E-state index in [4.69, 9.17) is 4.98 Å². The first-order valence-corrected chi connectivity index (χ1v) is 7.86. The number of hydrogen-bond acceptors (Lipinski definition) is 4. The average molecular weight is 302 g/mol. The molecule has 0 atom stereocenters. The highest BCUT2D eigenvalue weighted by atomic mass is 32.1. The molecule has 0 N–H and O–H groups in total. The van der Waals surface area contributed by atoms with Gasteiger partial charge < -0.3 is 4.90 Å². The molecule has 21 heavy (non-hydrogen) atoms. The second-order valence-electron chi connectivity index (χ2n) is 6.36. The number of carbonyl (C=O) groups is 1. The maximum Gasteiger partial charge on any atom is 0.186 e. The number of aldehydes is 1. The number of benzene rings is 1. The summed E-state index contributed by atoms with van der Waals surface area (Å²) in [6, 6.07) is 8.34. The first kappa shape index (κ1) is 15.7. The van der Waals surface area contributed by atoms with Crippen molar-refractivity contribution in [2.75, 3.05) is 11.9 Å². The van der Waals surface area contributed by atoms with Crippen molar-refractivity contribution in [3.05, 3.63) is 46.0 Å². The van der Waals surface area contributed by atoms with Crippen molar-refractivity contribution in [3.63, 3.8) is 0 Å². The molecule has 0 spiro atoms. The molecule has 0 aliphatic rings. The predicted molar refractivity (Wildman–Crippen MR) is 89.5 cm³/mol. The number of aryl methyl sites for hydroxylation is 1. The summed E-state index contributed by atoms with van der Waals surface area (Å²) in [5.41, 5.74) is 3.32. The van der Waals surface area contributed by atoms with Crippen LogP contribution in [0.5, 0.6) is 0 Å². The Morgan fingerprint density at radius 3 is 2.48 bits per heavy atom. The molecule has 0 bridgehead atoms. The van der Waals surface area contributed by atoms with Gasteiger partial charge in [-0.1, -0.05) is 56.4 Å². The predicted octanol–water partition coefficient (Wildman–Crippen LogP) is 4.20. The van der Waals surface area contributed by atoms with E-state index in [1.165, 1.54) is 22.5 Å². The minimum atomic E-state index is -0.117. The normalized spacial score (nSPS) is 11.5. The van der Waals surface area contributed by atoms with Gasteiger partial charge in [0.15, 0.2) is 11.4 Å². The molecule has 0 radical (unpaired) electrons. The van der Waals surface area contributed by atoms with Crippen molar-refractivity contribution in [1.29, 1.82) is 0 Å². The highest BCUT2D eigenvalue weighted by Crippen LogP contribution is 2.33. The summed E-state index contributed by atoms with van der Waals surface area (Å²) in [6.07, 6.45) is 0.920. The molecule has 0 fully saturated rings. The van der Waals surface area contributed by atoms with Gasteiger partial charge in [-0.3, -0.25) is 4.79 Å². The molecular formula is C17H22N2OS. The van der Waals surface area contributed by atoms with Gasteiger partial charge in [0.25, 0.3) is 0 Å². The molecular weight excluding hydrogens is 280 g/mol. The van der Waals surface area contributed by atoms with Crippen LogP contribution in [-0.2, 0) is 12.0 Å². The van der Waals surface area contributed by atoms with Crippen LogP contribution in [0.15, 0.2) is 24.3 Å². The SMILES string of the molecule is Cc1ccccc1CN(C)c1nc(C(C)(C)C)c(C=O)s1. The molecule has 1 heterocycles. The van der Waals surface area contributed by atoms with E-state index in [-0.39, 0.29) is 5.41 Å². The molecule has 4 heteroatoms. The fraction of sp³-hybridized carbons (Fsp3) is 0.412. The van der Waals surface area contributed by atoms with Crippen LogP contribution in [0.3, 0.4) is 0 Å². The fourth-order valence-corrected chi connectivity index (χ4v) is 3.26. The molecule has 2 rings (SSSR count). The summed E-state index contributed by atoms with van der Waals surface area (Å²) in [5, 5.41) is 0.894. The highest BCUT2D eigenvalue weighted by molar-refractivity contribution is 7.17. The van der Waals surface area contributed by atoms with Crippen LogP contribution in [-0.4, -0.2) is 18.3 Å². The van der Waals surface area contributed by atoms with Crippen LogP contribution in [0.2, 0.25) is 0 Å². The Morgan fingerprint density at radius 1 is 1.29 bits per heavy atom. The minimum absolute atomic E-state index is 0.117. The van der Waals surface area contributed by atoms with Crippen LogP contribution < -0.4 is 4.90 Å². The number of hydrogen-bond donors (Lipinski definition) is 0. The molecule has 1 aromatic heterocycles.